The van der Waals surface area contributed by atoms with Crippen LogP contribution in [0.1, 0.15) is 17.5 Å². The molecule has 0 spiro atoms. The minimum atomic E-state index is -3.25. The molecule has 2 aromatic carbocycles. The number of hydrogen-bond donors (Lipinski definition) is 3. The molecule has 0 bridgehead atoms. The summed E-state index contributed by atoms with van der Waals surface area (Å²) < 4.78 is 24.7. The quantitative estimate of drug-likeness (QED) is 0.631. The van der Waals surface area contributed by atoms with Crippen molar-refractivity contribution in [1.29, 1.82) is 0 Å². The number of anilines is 1. The first-order valence-corrected chi connectivity index (χ1v) is 9.94. The molecule has 0 aliphatic carbocycles. The predicted molar refractivity (Wildman–Crippen MR) is 99.9 cm³/mol. The van der Waals surface area contributed by atoms with E-state index in [4.69, 9.17) is 0 Å². The Hall–Kier alpha value is -2.54. The van der Waals surface area contributed by atoms with E-state index < -0.39 is 10.0 Å². The second-order valence-electron chi connectivity index (χ2n) is 5.77. The van der Waals surface area contributed by atoms with E-state index in [-0.39, 0.29) is 6.03 Å². The number of aryl methyl sites for hydroxylation is 1. The zero-order valence-electron chi connectivity index (χ0n) is 14.2. The molecule has 0 atom stereocenters. The number of nitrogens with one attached hydrogen (secondary N) is 3. The lowest BCUT2D eigenvalue weighted by molar-refractivity contribution is 0.240. The lowest BCUT2D eigenvalue weighted by Crippen LogP contribution is -2.35. The minimum absolute atomic E-state index is 0.184. The second-order valence-corrected chi connectivity index (χ2v) is 7.52. The number of carbonyl (C=O) groups is 1. The van der Waals surface area contributed by atoms with Crippen molar-refractivity contribution in [2.45, 2.75) is 19.4 Å². The maximum atomic E-state index is 11.7. The number of carbonyl (C=O) groups excluding carboxylic acids is 1. The molecular formula is C18H23N3O3S. The SMILES string of the molecule is CS(=O)(=O)Nc1ccc(CCCNC(=O)NCc2ccccc2)cc1. The maximum absolute atomic E-state index is 11.7. The van der Waals surface area contributed by atoms with Gasteiger partial charge < -0.3 is 10.6 Å². The molecule has 3 N–H and O–H groups in total. The Bertz CT molecular complexity index is 775. The monoisotopic (exact) mass is 361 g/mol. The summed E-state index contributed by atoms with van der Waals surface area (Å²) in [7, 11) is -3.25. The van der Waals surface area contributed by atoms with Gasteiger partial charge in [-0.15, -0.1) is 0 Å². The summed E-state index contributed by atoms with van der Waals surface area (Å²) >= 11 is 0. The van der Waals surface area contributed by atoms with Crippen molar-refractivity contribution < 1.29 is 13.2 Å². The zero-order valence-corrected chi connectivity index (χ0v) is 15.0. The zero-order chi connectivity index (χ0) is 18.1. The third kappa shape index (κ3) is 7.71. The van der Waals surface area contributed by atoms with Gasteiger partial charge in [-0.25, -0.2) is 13.2 Å². The van der Waals surface area contributed by atoms with Gasteiger partial charge in [0, 0.05) is 18.8 Å². The number of benzene rings is 2. The molecule has 0 aromatic heterocycles. The van der Waals surface area contributed by atoms with Crippen molar-refractivity contribution in [1.82, 2.24) is 10.6 Å². The van der Waals surface area contributed by atoms with Crippen LogP contribution in [-0.4, -0.2) is 27.2 Å². The maximum Gasteiger partial charge on any atom is 0.315 e. The molecule has 0 aliphatic rings. The summed E-state index contributed by atoms with van der Waals surface area (Å²) in [5, 5.41) is 5.64. The molecule has 0 unspecified atom stereocenters. The molecule has 2 rings (SSSR count). The fraction of sp³-hybridized carbons (Fsp3) is 0.278. The number of urea groups is 1. The molecule has 7 heteroatoms. The van der Waals surface area contributed by atoms with E-state index >= 15 is 0 Å². The minimum Gasteiger partial charge on any atom is -0.338 e. The average Bonchev–Trinajstić information content (AvgIpc) is 2.58. The van der Waals surface area contributed by atoms with Crippen LogP contribution in [0.15, 0.2) is 54.6 Å². The molecule has 0 heterocycles. The van der Waals surface area contributed by atoms with Gasteiger partial charge in [0.15, 0.2) is 0 Å². The van der Waals surface area contributed by atoms with Gasteiger partial charge in [0.2, 0.25) is 10.0 Å². The van der Waals surface area contributed by atoms with E-state index in [0.717, 1.165) is 30.2 Å². The fourth-order valence-corrected chi connectivity index (χ4v) is 2.85. The third-order valence-electron chi connectivity index (χ3n) is 3.48. The number of amides is 2. The van der Waals surface area contributed by atoms with Crippen molar-refractivity contribution in [3.05, 3.63) is 65.7 Å². The van der Waals surface area contributed by atoms with Crippen molar-refractivity contribution in [2.24, 2.45) is 0 Å². The first-order valence-electron chi connectivity index (χ1n) is 8.05. The first kappa shape index (κ1) is 18.8. The molecule has 0 fully saturated rings. The summed E-state index contributed by atoms with van der Waals surface area (Å²) in [5.74, 6) is 0. The van der Waals surface area contributed by atoms with E-state index in [0.29, 0.717) is 18.8 Å². The van der Waals surface area contributed by atoms with Crippen LogP contribution >= 0.6 is 0 Å². The van der Waals surface area contributed by atoms with Crippen LogP contribution in [0.5, 0.6) is 0 Å². The highest BCUT2D eigenvalue weighted by atomic mass is 32.2. The molecule has 6 nitrogen and oxygen atoms in total. The molecular weight excluding hydrogens is 338 g/mol. The van der Waals surface area contributed by atoms with Crippen LogP contribution in [0, 0.1) is 0 Å². The summed E-state index contributed by atoms with van der Waals surface area (Å²) in [5.41, 5.74) is 2.69. The van der Waals surface area contributed by atoms with E-state index in [1.165, 1.54) is 0 Å². The van der Waals surface area contributed by atoms with Crippen LogP contribution in [0.3, 0.4) is 0 Å². The standard InChI is InChI=1S/C18H23N3O3S/c1-25(23,24)21-17-11-9-15(10-12-17)8-5-13-19-18(22)20-14-16-6-3-2-4-7-16/h2-4,6-7,9-12,21H,5,8,13-14H2,1H3,(H2,19,20,22). The summed E-state index contributed by atoms with van der Waals surface area (Å²) in [6.45, 7) is 1.07. The van der Waals surface area contributed by atoms with E-state index in [2.05, 4.69) is 15.4 Å². The van der Waals surface area contributed by atoms with Gasteiger partial charge in [-0.3, -0.25) is 4.72 Å². The van der Waals surface area contributed by atoms with Gasteiger partial charge in [0.1, 0.15) is 0 Å². The Morgan fingerprint density at radius 2 is 1.60 bits per heavy atom. The Morgan fingerprint density at radius 1 is 0.920 bits per heavy atom. The Labute approximate surface area is 148 Å². The summed E-state index contributed by atoms with van der Waals surface area (Å²) in [6, 6.07) is 16.8. The molecule has 134 valence electrons. The lowest BCUT2D eigenvalue weighted by atomic mass is 10.1. The highest BCUT2D eigenvalue weighted by molar-refractivity contribution is 7.92. The van der Waals surface area contributed by atoms with E-state index in [1.807, 2.05) is 42.5 Å². The van der Waals surface area contributed by atoms with Crippen LogP contribution in [0.25, 0.3) is 0 Å². The number of hydrogen-bond acceptors (Lipinski definition) is 3. The van der Waals surface area contributed by atoms with Crippen LogP contribution in [0.2, 0.25) is 0 Å². The van der Waals surface area contributed by atoms with E-state index in [9.17, 15) is 13.2 Å². The van der Waals surface area contributed by atoms with Crippen molar-refractivity contribution in [2.75, 3.05) is 17.5 Å². The lowest BCUT2D eigenvalue weighted by Gasteiger charge is -2.08. The van der Waals surface area contributed by atoms with Crippen LogP contribution in [-0.2, 0) is 23.0 Å². The molecule has 2 amide bonds. The van der Waals surface area contributed by atoms with E-state index in [1.54, 1.807) is 12.1 Å². The van der Waals surface area contributed by atoms with Crippen LogP contribution in [0.4, 0.5) is 10.5 Å². The Kier molecular flexibility index (Phi) is 6.82. The van der Waals surface area contributed by atoms with Crippen LogP contribution < -0.4 is 15.4 Å². The van der Waals surface area contributed by atoms with Gasteiger partial charge >= 0.3 is 6.03 Å². The third-order valence-corrected chi connectivity index (χ3v) is 4.09. The highest BCUT2D eigenvalue weighted by Gasteiger charge is 2.02. The number of sulfonamides is 1. The topological polar surface area (TPSA) is 87.3 Å². The average molecular weight is 361 g/mol. The fourth-order valence-electron chi connectivity index (χ4n) is 2.29. The molecule has 0 saturated carbocycles. The largest absolute Gasteiger partial charge is 0.338 e. The van der Waals surface area contributed by atoms with Gasteiger partial charge in [-0.05, 0) is 36.1 Å². The Morgan fingerprint density at radius 3 is 2.24 bits per heavy atom. The van der Waals surface area contributed by atoms with Gasteiger partial charge in [-0.2, -0.15) is 0 Å². The van der Waals surface area contributed by atoms with Crippen molar-refractivity contribution in [3.8, 4) is 0 Å². The Balaban J connectivity index is 1.64. The summed E-state index contributed by atoms with van der Waals surface area (Å²) in [6.07, 6.45) is 2.73. The van der Waals surface area contributed by atoms with Crippen molar-refractivity contribution in [3.63, 3.8) is 0 Å². The molecule has 0 saturated heterocycles. The summed E-state index contributed by atoms with van der Waals surface area (Å²) in [4.78, 5) is 11.7. The molecule has 0 aliphatic heterocycles. The van der Waals surface area contributed by atoms with Gasteiger partial charge in [-0.1, -0.05) is 42.5 Å². The van der Waals surface area contributed by atoms with Crippen molar-refractivity contribution >= 4 is 21.7 Å². The smallest absolute Gasteiger partial charge is 0.315 e. The number of rotatable bonds is 8. The highest BCUT2D eigenvalue weighted by Crippen LogP contribution is 2.12. The molecule has 0 radical (unpaired) electrons. The normalized spacial score (nSPS) is 10.9. The van der Waals surface area contributed by atoms with Gasteiger partial charge in [0.25, 0.3) is 0 Å². The van der Waals surface area contributed by atoms with Gasteiger partial charge in [0.05, 0.1) is 6.26 Å². The predicted octanol–water partition coefficient (Wildman–Crippen LogP) is 2.49. The first-order chi connectivity index (χ1) is 11.9. The molecule has 2 aromatic rings. The second kappa shape index (κ2) is 9.08. The molecule has 25 heavy (non-hydrogen) atoms.